The van der Waals surface area contributed by atoms with Crippen LogP contribution in [-0.4, -0.2) is 21.9 Å². The topological polar surface area (TPSA) is 40.5 Å². The van der Waals surface area contributed by atoms with Crippen LogP contribution in [0.5, 0.6) is 0 Å². The van der Waals surface area contributed by atoms with Gasteiger partial charge in [0.25, 0.3) is 0 Å². The molecule has 0 amide bonds. The summed E-state index contributed by atoms with van der Waals surface area (Å²) < 4.78 is 0. The van der Waals surface area contributed by atoms with Crippen LogP contribution in [0, 0.1) is 11.8 Å². The van der Waals surface area contributed by atoms with E-state index < -0.39 is 11.7 Å². The number of aliphatic hydroxyl groups is 2. The van der Waals surface area contributed by atoms with Crippen molar-refractivity contribution in [3.8, 4) is 0 Å². The van der Waals surface area contributed by atoms with Crippen molar-refractivity contribution in [2.75, 3.05) is 0 Å². The van der Waals surface area contributed by atoms with E-state index in [0.717, 1.165) is 25.7 Å². The molecule has 1 aliphatic rings. The summed E-state index contributed by atoms with van der Waals surface area (Å²) in [4.78, 5) is 0. The minimum atomic E-state index is -0.960. The Labute approximate surface area is 136 Å². The molecule has 2 unspecified atom stereocenters. The lowest BCUT2D eigenvalue weighted by Crippen LogP contribution is -2.27. The van der Waals surface area contributed by atoms with Gasteiger partial charge in [0.1, 0.15) is 0 Å². The average molecular weight is 306 g/mol. The molecule has 0 aliphatic heterocycles. The minimum Gasteiger partial charge on any atom is -0.389 e. The van der Waals surface area contributed by atoms with E-state index in [1.807, 2.05) is 12.2 Å². The highest BCUT2D eigenvalue weighted by Crippen LogP contribution is 2.25. The van der Waals surface area contributed by atoms with E-state index in [-0.39, 0.29) is 0 Å². The third kappa shape index (κ3) is 7.42. The second kappa shape index (κ2) is 8.69. The van der Waals surface area contributed by atoms with Crippen LogP contribution in [0.4, 0.5) is 0 Å². The molecule has 22 heavy (non-hydrogen) atoms. The summed E-state index contributed by atoms with van der Waals surface area (Å²) in [6.07, 6.45) is 12.2. The van der Waals surface area contributed by atoms with Gasteiger partial charge in [0.05, 0.1) is 11.7 Å². The molecule has 2 nitrogen and oxygen atoms in total. The standard InChI is InChI=1S/C20H34O2/c1-15(2)18-10-9-16(3)7-6-8-17(4)13-19(21)14-20(5,22)12-11-18/h7,11-13,15,18-19,21-22H,6,8-10,14H2,1-5H3/b12-11+,16-7-,17-13+/t18?,19?,20-/m1/s1. The lowest BCUT2D eigenvalue weighted by Gasteiger charge is -2.24. The summed E-state index contributed by atoms with van der Waals surface area (Å²) in [5.41, 5.74) is 1.67. The first kappa shape index (κ1) is 19.2. The lowest BCUT2D eigenvalue weighted by molar-refractivity contribution is 0.0565. The molecule has 0 bridgehead atoms. The van der Waals surface area contributed by atoms with Crippen LogP contribution in [0.15, 0.2) is 35.5 Å². The normalized spacial score (nSPS) is 38.5. The summed E-state index contributed by atoms with van der Waals surface area (Å²) >= 11 is 0. The van der Waals surface area contributed by atoms with Crippen LogP contribution in [-0.2, 0) is 0 Å². The number of hydrogen-bond acceptors (Lipinski definition) is 2. The number of hydrogen-bond donors (Lipinski definition) is 2. The molecule has 0 aromatic rings. The van der Waals surface area contributed by atoms with Crippen molar-refractivity contribution in [2.24, 2.45) is 11.8 Å². The van der Waals surface area contributed by atoms with Gasteiger partial charge in [0.2, 0.25) is 0 Å². The number of aliphatic hydroxyl groups excluding tert-OH is 1. The Morgan fingerprint density at radius 1 is 1.18 bits per heavy atom. The van der Waals surface area contributed by atoms with Crippen molar-refractivity contribution in [3.05, 3.63) is 35.5 Å². The van der Waals surface area contributed by atoms with Crippen LogP contribution < -0.4 is 0 Å². The van der Waals surface area contributed by atoms with E-state index in [1.54, 1.807) is 6.92 Å². The summed E-state index contributed by atoms with van der Waals surface area (Å²) in [6.45, 7) is 10.5. The fraction of sp³-hybridized carbons (Fsp3) is 0.700. The van der Waals surface area contributed by atoms with Crippen LogP contribution >= 0.6 is 0 Å². The van der Waals surface area contributed by atoms with Gasteiger partial charge in [-0.3, -0.25) is 0 Å². The fourth-order valence-electron chi connectivity index (χ4n) is 2.99. The van der Waals surface area contributed by atoms with E-state index in [1.165, 1.54) is 11.1 Å². The van der Waals surface area contributed by atoms with Gasteiger partial charge in [-0.15, -0.1) is 0 Å². The van der Waals surface area contributed by atoms with Gasteiger partial charge in [-0.05, 0) is 58.3 Å². The Morgan fingerprint density at radius 3 is 2.50 bits per heavy atom. The lowest BCUT2D eigenvalue weighted by atomic mass is 9.86. The predicted octanol–water partition coefficient (Wildman–Crippen LogP) is 4.78. The first-order valence-electron chi connectivity index (χ1n) is 8.62. The molecule has 0 heterocycles. The van der Waals surface area contributed by atoms with Crippen molar-refractivity contribution in [3.63, 3.8) is 0 Å². The largest absolute Gasteiger partial charge is 0.389 e. The van der Waals surface area contributed by atoms with E-state index in [2.05, 4.69) is 39.8 Å². The highest BCUT2D eigenvalue weighted by atomic mass is 16.3. The Morgan fingerprint density at radius 2 is 1.86 bits per heavy atom. The molecule has 0 spiro atoms. The molecule has 0 saturated heterocycles. The monoisotopic (exact) mass is 306 g/mol. The number of allylic oxidation sites excluding steroid dienone is 4. The molecule has 0 aromatic heterocycles. The molecule has 1 rings (SSSR count). The SMILES string of the molecule is C/C1=C/CC/C(C)=C/C(O)C[C@](C)(O)/C=C/C(C(C)C)CC1. The Bertz CT molecular complexity index is 427. The second-order valence-electron chi connectivity index (χ2n) is 7.54. The van der Waals surface area contributed by atoms with Gasteiger partial charge >= 0.3 is 0 Å². The van der Waals surface area contributed by atoms with E-state index in [0.29, 0.717) is 18.3 Å². The maximum absolute atomic E-state index is 10.5. The van der Waals surface area contributed by atoms with Crippen LogP contribution in [0.3, 0.4) is 0 Å². The molecule has 0 aromatic carbocycles. The van der Waals surface area contributed by atoms with Crippen molar-refractivity contribution in [1.82, 2.24) is 0 Å². The molecule has 0 fully saturated rings. The average Bonchev–Trinajstić information content (AvgIpc) is 2.36. The Balaban J connectivity index is 2.97. The zero-order valence-corrected chi connectivity index (χ0v) is 15.0. The van der Waals surface area contributed by atoms with Crippen molar-refractivity contribution >= 4 is 0 Å². The van der Waals surface area contributed by atoms with E-state index >= 15 is 0 Å². The second-order valence-corrected chi connectivity index (χ2v) is 7.54. The molecular formula is C20H34O2. The molecule has 2 N–H and O–H groups in total. The molecule has 1 aliphatic carbocycles. The first-order chi connectivity index (χ1) is 10.2. The fourth-order valence-corrected chi connectivity index (χ4v) is 2.99. The third-order valence-electron chi connectivity index (χ3n) is 4.56. The summed E-state index contributed by atoms with van der Waals surface area (Å²) in [6, 6.07) is 0. The summed E-state index contributed by atoms with van der Waals surface area (Å²) in [5, 5.41) is 20.7. The molecule has 2 heteroatoms. The highest BCUT2D eigenvalue weighted by molar-refractivity contribution is 5.10. The van der Waals surface area contributed by atoms with E-state index in [4.69, 9.17) is 0 Å². The zero-order chi connectivity index (χ0) is 16.8. The van der Waals surface area contributed by atoms with Crippen molar-refractivity contribution in [2.45, 2.75) is 78.4 Å². The predicted molar refractivity (Wildman–Crippen MR) is 94.7 cm³/mol. The van der Waals surface area contributed by atoms with Gasteiger partial charge < -0.3 is 10.2 Å². The van der Waals surface area contributed by atoms with Gasteiger partial charge in [-0.25, -0.2) is 0 Å². The molecule has 0 radical (unpaired) electrons. The van der Waals surface area contributed by atoms with Gasteiger partial charge in [-0.1, -0.05) is 49.3 Å². The molecule has 126 valence electrons. The Hall–Kier alpha value is -0.860. The van der Waals surface area contributed by atoms with Crippen LogP contribution in [0.2, 0.25) is 0 Å². The molecule has 0 saturated carbocycles. The van der Waals surface area contributed by atoms with Crippen LogP contribution in [0.25, 0.3) is 0 Å². The maximum Gasteiger partial charge on any atom is 0.0827 e. The molecule has 3 atom stereocenters. The summed E-state index contributed by atoms with van der Waals surface area (Å²) in [7, 11) is 0. The third-order valence-corrected chi connectivity index (χ3v) is 4.56. The van der Waals surface area contributed by atoms with Gasteiger partial charge in [-0.2, -0.15) is 0 Å². The van der Waals surface area contributed by atoms with Crippen molar-refractivity contribution in [1.29, 1.82) is 0 Å². The minimum absolute atomic E-state index is 0.348. The quantitative estimate of drug-likeness (QED) is 0.684. The first-order valence-corrected chi connectivity index (χ1v) is 8.62. The van der Waals surface area contributed by atoms with Crippen LogP contribution in [0.1, 0.15) is 66.7 Å². The molecular weight excluding hydrogens is 272 g/mol. The number of rotatable bonds is 1. The highest BCUT2D eigenvalue weighted by Gasteiger charge is 2.21. The smallest absolute Gasteiger partial charge is 0.0827 e. The Kier molecular flexibility index (Phi) is 7.58. The van der Waals surface area contributed by atoms with E-state index in [9.17, 15) is 10.2 Å². The van der Waals surface area contributed by atoms with Crippen molar-refractivity contribution < 1.29 is 10.2 Å². The maximum atomic E-state index is 10.5. The van der Waals surface area contributed by atoms with Gasteiger partial charge in [0, 0.05) is 6.42 Å². The van der Waals surface area contributed by atoms with Gasteiger partial charge in [0.15, 0.2) is 0 Å². The zero-order valence-electron chi connectivity index (χ0n) is 15.0. The summed E-state index contributed by atoms with van der Waals surface area (Å²) in [5.74, 6) is 1.02.